The molecule has 5 nitrogen and oxygen atoms in total. The number of carbonyl (C=O) groups is 2. The minimum absolute atomic E-state index is 0.119. The summed E-state index contributed by atoms with van der Waals surface area (Å²) in [5, 5.41) is 0. The van der Waals surface area contributed by atoms with Gasteiger partial charge in [-0.25, -0.2) is 4.39 Å². The second-order valence-corrected chi connectivity index (χ2v) is 6.60. The summed E-state index contributed by atoms with van der Waals surface area (Å²) in [5.74, 6) is 0.299. The van der Waals surface area contributed by atoms with Gasteiger partial charge in [0.2, 0.25) is 5.91 Å². The van der Waals surface area contributed by atoms with Gasteiger partial charge in [0.1, 0.15) is 0 Å². The van der Waals surface area contributed by atoms with Crippen LogP contribution in [0.2, 0.25) is 0 Å². The van der Waals surface area contributed by atoms with Crippen LogP contribution in [-0.2, 0) is 4.79 Å². The van der Waals surface area contributed by atoms with Crippen LogP contribution in [0.1, 0.15) is 23.2 Å². The van der Waals surface area contributed by atoms with E-state index in [4.69, 9.17) is 4.74 Å². The predicted molar refractivity (Wildman–Crippen MR) is 93.1 cm³/mol. The van der Waals surface area contributed by atoms with Crippen molar-refractivity contribution in [2.24, 2.45) is 0 Å². The molecule has 0 saturated carbocycles. The topological polar surface area (TPSA) is 49.9 Å². The molecule has 2 amide bonds. The molecule has 132 valence electrons. The summed E-state index contributed by atoms with van der Waals surface area (Å²) in [7, 11) is 1.39. The van der Waals surface area contributed by atoms with Crippen LogP contribution < -0.4 is 4.74 Å². The Labute approximate surface area is 146 Å². The van der Waals surface area contributed by atoms with E-state index in [2.05, 4.69) is 0 Å². The van der Waals surface area contributed by atoms with Gasteiger partial charge < -0.3 is 14.5 Å². The molecule has 0 spiro atoms. The first-order valence-electron chi connectivity index (χ1n) is 7.96. The standard InChI is InChI=1S/C17H23FN2O3S/c1-23-15-5-4-13(12-14(15)18)17(22)20-8-3-7-19(9-10-20)16(21)6-11-24-2/h4-5,12H,3,6-11H2,1-2H3. The molecule has 1 saturated heterocycles. The van der Waals surface area contributed by atoms with Crippen molar-refractivity contribution in [2.75, 3.05) is 45.3 Å². The normalized spacial score (nSPS) is 15.1. The van der Waals surface area contributed by atoms with Crippen LogP contribution in [0.5, 0.6) is 5.75 Å². The smallest absolute Gasteiger partial charge is 0.254 e. The average Bonchev–Trinajstić information content (AvgIpc) is 2.85. The molecule has 0 atom stereocenters. The summed E-state index contributed by atoms with van der Waals surface area (Å²) >= 11 is 1.65. The SMILES string of the molecule is COc1ccc(C(=O)N2CCCN(C(=O)CCSC)CC2)cc1F. The summed E-state index contributed by atoms with van der Waals surface area (Å²) < 4.78 is 18.7. The maximum atomic E-state index is 13.8. The fourth-order valence-corrected chi connectivity index (χ4v) is 3.08. The van der Waals surface area contributed by atoms with E-state index in [0.717, 1.165) is 12.2 Å². The quantitative estimate of drug-likeness (QED) is 0.814. The number of rotatable bonds is 5. The largest absolute Gasteiger partial charge is 0.494 e. The third-order valence-corrected chi connectivity index (χ3v) is 4.67. The lowest BCUT2D eigenvalue weighted by Gasteiger charge is -2.22. The van der Waals surface area contributed by atoms with E-state index in [1.165, 1.54) is 19.2 Å². The van der Waals surface area contributed by atoms with Crippen LogP contribution in [0, 0.1) is 5.82 Å². The second kappa shape index (κ2) is 8.92. The lowest BCUT2D eigenvalue weighted by molar-refractivity contribution is -0.130. The number of hydrogen-bond acceptors (Lipinski definition) is 4. The molecule has 0 bridgehead atoms. The first-order chi connectivity index (χ1) is 11.6. The molecule has 24 heavy (non-hydrogen) atoms. The first kappa shape index (κ1) is 18.6. The molecule has 1 aliphatic rings. The molecule has 1 heterocycles. The molecule has 1 aromatic carbocycles. The van der Waals surface area contributed by atoms with E-state index in [1.54, 1.807) is 22.7 Å². The van der Waals surface area contributed by atoms with Gasteiger partial charge in [-0.15, -0.1) is 0 Å². The zero-order chi connectivity index (χ0) is 17.5. The summed E-state index contributed by atoms with van der Waals surface area (Å²) in [4.78, 5) is 28.2. The van der Waals surface area contributed by atoms with Gasteiger partial charge >= 0.3 is 0 Å². The number of halogens is 1. The summed E-state index contributed by atoms with van der Waals surface area (Å²) in [5.41, 5.74) is 0.301. The maximum Gasteiger partial charge on any atom is 0.254 e. The molecule has 0 aliphatic carbocycles. The molecular formula is C17H23FN2O3S. The van der Waals surface area contributed by atoms with Gasteiger partial charge in [-0.2, -0.15) is 11.8 Å². The lowest BCUT2D eigenvalue weighted by atomic mass is 10.1. The van der Waals surface area contributed by atoms with E-state index >= 15 is 0 Å². The second-order valence-electron chi connectivity index (χ2n) is 5.62. The van der Waals surface area contributed by atoms with Crippen molar-refractivity contribution < 1.29 is 18.7 Å². The first-order valence-corrected chi connectivity index (χ1v) is 9.35. The average molecular weight is 354 g/mol. The Kier molecular flexibility index (Phi) is 6.90. The van der Waals surface area contributed by atoms with Gasteiger partial charge in [0, 0.05) is 43.9 Å². The highest BCUT2D eigenvalue weighted by Crippen LogP contribution is 2.19. The minimum atomic E-state index is -0.549. The zero-order valence-corrected chi connectivity index (χ0v) is 14.9. The fourth-order valence-electron chi connectivity index (χ4n) is 2.70. The number of methoxy groups -OCH3 is 1. The Hall–Kier alpha value is -1.76. The van der Waals surface area contributed by atoms with Crippen LogP contribution in [0.3, 0.4) is 0 Å². The Morgan fingerprint density at radius 1 is 1.21 bits per heavy atom. The van der Waals surface area contributed by atoms with E-state index in [-0.39, 0.29) is 17.6 Å². The van der Waals surface area contributed by atoms with Crippen LogP contribution in [0.4, 0.5) is 4.39 Å². The molecule has 1 aliphatic heterocycles. The molecule has 1 aromatic rings. The molecule has 1 fully saturated rings. The Morgan fingerprint density at radius 3 is 2.58 bits per heavy atom. The monoisotopic (exact) mass is 354 g/mol. The molecule has 0 unspecified atom stereocenters. The number of benzene rings is 1. The molecular weight excluding hydrogens is 331 g/mol. The highest BCUT2D eigenvalue weighted by Gasteiger charge is 2.23. The number of ether oxygens (including phenoxy) is 1. The van der Waals surface area contributed by atoms with Gasteiger partial charge in [-0.3, -0.25) is 9.59 Å². The minimum Gasteiger partial charge on any atom is -0.494 e. The van der Waals surface area contributed by atoms with Gasteiger partial charge in [-0.05, 0) is 30.9 Å². The number of hydrogen-bond donors (Lipinski definition) is 0. The molecule has 2 rings (SSSR count). The van der Waals surface area contributed by atoms with Gasteiger partial charge in [0.15, 0.2) is 11.6 Å². The van der Waals surface area contributed by atoms with Crippen molar-refractivity contribution in [3.63, 3.8) is 0 Å². The Balaban J connectivity index is 1.99. The summed E-state index contributed by atoms with van der Waals surface area (Å²) in [6.45, 7) is 2.22. The van der Waals surface area contributed by atoms with Crippen LogP contribution in [-0.4, -0.2) is 66.9 Å². The Morgan fingerprint density at radius 2 is 1.92 bits per heavy atom. The van der Waals surface area contributed by atoms with Crippen LogP contribution >= 0.6 is 11.8 Å². The zero-order valence-electron chi connectivity index (χ0n) is 14.1. The number of carbonyl (C=O) groups excluding carboxylic acids is 2. The molecule has 0 N–H and O–H groups in total. The summed E-state index contributed by atoms with van der Waals surface area (Å²) in [6.07, 6.45) is 3.23. The van der Waals surface area contributed by atoms with Gasteiger partial charge in [0.05, 0.1) is 7.11 Å². The third-order valence-electron chi connectivity index (χ3n) is 4.05. The molecule has 0 radical (unpaired) electrons. The maximum absolute atomic E-state index is 13.8. The highest BCUT2D eigenvalue weighted by atomic mass is 32.2. The number of thioether (sulfide) groups is 1. The van der Waals surface area contributed by atoms with Crippen molar-refractivity contribution in [1.29, 1.82) is 0 Å². The number of nitrogens with zero attached hydrogens (tertiary/aromatic N) is 2. The fraction of sp³-hybridized carbons (Fsp3) is 0.529. The van der Waals surface area contributed by atoms with Crippen molar-refractivity contribution >= 4 is 23.6 Å². The van der Waals surface area contributed by atoms with Crippen molar-refractivity contribution in [3.8, 4) is 5.75 Å². The van der Waals surface area contributed by atoms with E-state index in [9.17, 15) is 14.0 Å². The third kappa shape index (κ3) is 4.63. The van der Waals surface area contributed by atoms with Gasteiger partial charge in [0.25, 0.3) is 5.91 Å². The predicted octanol–water partition coefficient (Wildman–Crippen LogP) is 2.26. The molecule has 0 aromatic heterocycles. The highest BCUT2D eigenvalue weighted by molar-refractivity contribution is 7.98. The van der Waals surface area contributed by atoms with Crippen LogP contribution in [0.15, 0.2) is 18.2 Å². The van der Waals surface area contributed by atoms with Crippen molar-refractivity contribution in [1.82, 2.24) is 9.80 Å². The van der Waals surface area contributed by atoms with Crippen LogP contribution in [0.25, 0.3) is 0 Å². The molecule has 7 heteroatoms. The van der Waals surface area contributed by atoms with E-state index in [0.29, 0.717) is 38.2 Å². The Bertz CT molecular complexity index is 597. The summed E-state index contributed by atoms with van der Waals surface area (Å²) in [6, 6.07) is 4.22. The van der Waals surface area contributed by atoms with Crippen molar-refractivity contribution in [2.45, 2.75) is 12.8 Å². The number of amides is 2. The van der Waals surface area contributed by atoms with Gasteiger partial charge in [-0.1, -0.05) is 0 Å². The lowest BCUT2D eigenvalue weighted by Crippen LogP contribution is -2.37. The van der Waals surface area contributed by atoms with E-state index in [1.807, 2.05) is 11.2 Å². The van der Waals surface area contributed by atoms with E-state index < -0.39 is 5.82 Å². The van der Waals surface area contributed by atoms with Crippen molar-refractivity contribution in [3.05, 3.63) is 29.6 Å².